The molecule has 14 heavy (non-hydrogen) atoms. The van der Waals surface area contributed by atoms with E-state index < -0.39 is 5.60 Å². The first kappa shape index (κ1) is 11.2. The molecule has 0 aliphatic heterocycles. The Morgan fingerprint density at radius 2 is 2.29 bits per heavy atom. The van der Waals surface area contributed by atoms with E-state index in [1.807, 2.05) is 26.1 Å². The molecular weight excluding hydrogens is 174 g/mol. The van der Waals surface area contributed by atoms with Crippen molar-refractivity contribution in [1.29, 1.82) is 0 Å². The van der Waals surface area contributed by atoms with Gasteiger partial charge in [0.2, 0.25) is 0 Å². The second-order valence-electron chi connectivity index (χ2n) is 4.34. The van der Waals surface area contributed by atoms with E-state index in [2.05, 4.69) is 18.0 Å². The summed E-state index contributed by atoms with van der Waals surface area (Å²) in [6.45, 7) is 5.81. The SMILES string of the molecule is CCC(CC(C)(C)O)c1c[c]cnc1. The highest BCUT2D eigenvalue weighted by atomic mass is 16.3. The highest BCUT2D eigenvalue weighted by molar-refractivity contribution is 5.14. The summed E-state index contributed by atoms with van der Waals surface area (Å²) in [4.78, 5) is 4.05. The van der Waals surface area contributed by atoms with Crippen molar-refractivity contribution in [2.24, 2.45) is 0 Å². The number of rotatable bonds is 4. The van der Waals surface area contributed by atoms with E-state index in [4.69, 9.17) is 0 Å². The van der Waals surface area contributed by atoms with Crippen LogP contribution < -0.4 is 0 Å². The summed E-state index contributed by atoms with van der Waals surface area (Å²) in [5, 5.41) is 9.75. The van der Waals surface area contributed by atoms with Crippen molar-refractivity contribution in [3.8, 4) is 0 Å². The van der Waals surface area contributed by atoms with E-state index >= 15 is 0 Å². The highest BCUT2D eigenvalue weighted by Crippen LogP contribution is 2.27. The molecule has 0 aliphatic carbocycles. The highest BCUT2D eigenvalue weighted by Gasteiger charge is 2.20. The van der Waals surface area contributed by atoms with Gasteiger partial charge in [0.1, 0.15) is 0 Å². The van der Waals surface area contributed by atoms with Crippen LogP contribution in [0.25, 0.3) is 0 Å². The van der Waals surface area contributed by atoms with Crippen LogP contribution in [-0.2, 0) is 0 Å². The zero-order valence-electron chi connectivity index (χ0n) is 9.12. The zero-order chi connectivity index (χ0) is 10.6. The molecule has 0 saturated heterocycles. The Balaban J connectivity index is 2.73. The van der Waals surface area contributed by atoms with Gasteiger partial charge in [0, 0.05) is 18.5 Å². The van der Waals surface area contributed by atoms with E-state index in [0.29, 0.717) is 5.92 Å². The number of nitrogens with zero attached hydrogens (tertiary/aromatic N) is 1. The van der Waals surface area contributed by atoms with Crippen molar-refractivity contribution in [2.75, 3.05) is 0 Å². The van der Waals surface area contributed by atoms with Gasteiger partial charge >= 0.3 is 0 Å². The van der Waals surface area contributed by atoms with Crippen LogP contribution in [-0.4, -0.2) is 15.7 Å². The third-order valence-corrected chi connectivity index (χ3v) is 2.33. The van der Waals surface area contributed by atoms with Gasteiger partial charge in [0.15, 0.2) is 0 Å². The monoisotopic (exact) mass is 192 g/mol. The fourth-order valence-electron chi connectivity index (χ4n) is 1.66. The molecule has 1 radical (unpaired) electrons. The molecule has 0 aliphatic rings. The Labute approximate surface area is 86.0 Å². The quantitative estimate of drug-likeness (QED) is 0.795. The van der Waals surface area contributed by atoms with Gasteiger partial charge in [-0.05, 0) is 44.2 Å². The Morgan fingerprint density at radius 1 is 1.57 bits per heavy atom. The standard InChI is InChI=1S/C12H18NO/c1-4-10(8-12(2,3)14)11-6-5-7-13-9-11/h6-7,9-10,14H,4,8H2,1-3H3. The Hall–Kier alpha value is -0.890. The maximum absolute atomic E-state index is 9.75. The molecule has 2 nitrogen and oxygen atoms in total. The van der Waals surface area contributed by atoms with Gasteiger partial charge in [-0.3, -0.25) is 4.98 Å². The predicted molar refractivity (Wildman–Crippen MR) is 57.0 cm³/mol. The topological polar surface area (TPSA) is 33.1 Å². The number of aromatic nitrogens is 1. The molecule has 1 unspecified atom stereocenters. The van der Waals surface area contributed by atoms with Gasteiger partial charge < -0.3 is 5.11 Å². The molecule has 1 heterocycles. The lowest BCUT2D eigenvalue weighted by Gasteiger charge is -2.24. The molecule has 0 saturated carbocycles. The third-order valence-electron chi connectivity index (χ3n) is 2.33. The Kier molecular flexibility index (Phi) is 3.64. The number of hydrogen-bond acceptors (Lipinski definition) is 2. The molecule has 0 aromatic carbocycles. The summed E-state index contributed by atoms with van der Waals surface area (Å²) in [6.07, 6.45) is 5.29. The molecule has 0 amide bonds. The van der Waals surface area contributed by atoms with E-state index in [1.54, 1.807) is 6.20 Å². The predicted octanol–water partition coefficient (Wildman–Crippen LogP) is 2.54. The second-order valence-corrected chi connectivity index (χ2v) is 4.34. The largest absolute Gasteiger partial charge is 0.390 e. The first-order chi connectivity index (χ1) is 6.53. The summed E-state index contributed by atoms with van der Waals surface area (Å²) in [5.74, 6) is 0.375. The van der Waals surface area contributed by atoms with Crippen LogP contribution in [0, 0.1) is 6.07 Å². The minimum atomic E-state index is -0.615. The van der Waals surface area contributed by atoms with Crippen LogP contribution in [0.3, 0.4) is 0 Å². The zero-order valence-corrected chi connectivity index (χ0v) is 9.12. The maximum atomic E-state index is 9.75. The van der Waals surface area contributed by atoms with E-state index in [9.17, 15) is 5.11 Å². The Morgan fingerprint density at radius 3 is 2.71 bits per heavy atom. The lowest BCUT2D eigenvalue weighted by atomic mass is 9.87. The summed E-state index contributed by atoms with van der Waals surface area (Å²) < 4.78 is 0. The molecule has 0 fully saturated rings. The number of aliphatic hydroxyl groups is 1. The van der Waals surface area contributed by atoms with Crippen molar-refractivity contribution in [3.05, 3.63) is 30.1 Å². The summed E-state index contributed by atoms with van der Waals surface area (Å²) in [7, 11) is 0. The molecule has 1 rings (SSSR count). The van der Waals surface area contributed by atoms with Crippen LogP contribution in [0.15, 0.2) is 18.5 Å². The normalized spacial score (nSPS) is 14.0. The van der Waals surface area contributed by atoms with Crippen LogP contribution in [0.2, 0.25) is 0 Å². The minimum absolute atomic E-state index is 0.375. The molecule has 77 valence electrons. The van der Waals surface area contributed by atoms with E-state index in [0.717, 1.165) is 18.4 Å². The third kappa shape index (κ3) is 3.46. The van der Waals surface area contributed by atoms with Gasteiger partial charge in [-0.25, -0.2) is 0 Å². The minimum Gasteiger partial charge on any atom is -0.390 e. The maximum Gasteiger partial charge on any atom is 0.0597 e. The number of hydrogen-bond donors (Lipinski definition) is 1. The van der Waals surface area contributed by atoms with Gasteiger partial charge in [-0.2, -0.15) is 0 Å². The van der Waals surface area contributed by atoms with Crippen LogP contribution >= 0.6 is 0 Å². The van der Waals surface area contributed by atoms with Crippen LogP contribution in [0.4, 0.5) is 0 Å². The molecular formula is C12H18NO. The van der Waals surface area contributed by atoms with E-state index in [1.165, 1.54) is 0 Å². The number of pyridine rings is 1. The lowest BCUT2D eigenvalue weighted by Crippen LogP contribution is -2.22. The molecule has 1 atom stereocenters. The van der Waals surface area contributed by atoms with Crippen LogP contribution in [0.1, 0.15) is 45.1 Å². The van der Waals surface area contributed by atoms with Gasteiger partial charge in [-0.15, -0.1) is 0 Å². The molecule has 1 N–H and O–H groups in total. The van der Waals surface area contributed by atoms with Gasteiger partial charge in [0.05, 0.1) is 5.60 Å². The van der Waals surface area contributed by atoms with Crippen molar-refractivity contribution in [3.63, 3.8) is 0 Å². The molecule has 1 aromatic rings. The van der Waals surface area contributed by atoms with E-state index in [-0.39, 0.29) is 0 Å². The summed E-state index contributed by atoms with van der Waals surface area (Å²) >= 11 is 0. The molecule has 2 heteroatoms. The van der Waals surface area contributed by atoms with Gasteiger partial charge in [-0.1, -0.05) is 6.92 Å². The van der Waals surface area contributed by atoms with Crippen molar-refractivity contribution >= 4 is 0 Å². The lowest BCUT2D eigenvalue weighted by molar-refractivity contribution is 0.0624. The van der Waals surface area contributed by atoms with Crippen molar-refractivity contribution < 1.29 is 5.11 Å². The van der Waals surface area contributed by atoms with Gasteiger partial charge in [0.25, 0.3) is 0 Å². The summed E-state index contributed by atoms with van der Waals surface area (Å²) in [5.41, 5.74) is 0.549. The smallest absolute Gasteiger partial charge is 0.0597 e. The molecule has 0 bridgehead atoms. The average molecular weight is 192 g/mol. The van der Waals surface area contributed by atoms with Crippen molar-refractivity contribution in [2.45, 2.75) is 45.1 Å². The first-order valence-electron chi connectivity index (χ1n) is 5.06. The Bertz CT molecular complexity index is 263. The first-order valence-corrected chi connectivity index (χ1v) is 5.06. The fraction of sp³-hybridized carbons (Fsp3) is 0.583. The fourth-order valence-corrected chi connectivity index (χ4v) is 1.66. The van der Waals surface area contributed by atoms with Crippen molar-refractivity contribution in [1.82, 2.24) is 4.98 Å². The summed E-state index contributed by atoms with van der Waals surface area (Å²) in [6, 6.07) is 4.92. The molecule has 1 aromatic heterocycles. The molecule has 0 spiro atoms. The van der Waals surface area contributed by atoms with Crippen LogP contribution in [0.5, 0.6) is 0 Å². The average Bonchev–Trinajstić information content (AvgIpc) is 2.14. The second kappa shape index (κ2) is 4.56.